The smallest absolute Gasteiger partial charge is 0.0414 e. The van der Waals surface area contributed by atoms with Crippen molar-refractivity contribution in [2.45, 2.75) is 38.8 Å². The van der Waals surface area contributed by atoms with Gasteiger partial charge < -0.3 is 10.6 Å². The van der Waals surface area contributed by atoms with Gasteiger partial charge in [-0.1, -0.05) is 25.1 Å². The summed E-state index contributed by atoms with van der Waals surface area (Å²) >= 11 is 0. The predicted octanol–water partition coefficient (Wildman–Crippen LogP) is 2.52. The van der Waals surface area contributed by atoms with Crippen LogP contribution in [0.15, 0.2) is 24.3 Å². The summed E-state index contributed by atoms with van der Waals surface area (Å²) in [6.45, 7) is 4.03. The van der Waals surface area contributed by atoms with Gasteiger partial charge in [0.15, 0.2) is 0 Å². The van der Waals surface area contributed by atoms with E-state index in [1.165, 1.54) is 30.5 Å². The van der Waals surface area contributed by atoms with Crippen LogP contribution in [0, 0.1) is 0 Å². The maximum absolute atomic E-state index is 5.78. The molecule has 0 amide bonds. The first-order valence-corrected chi connectivity index (χ1v) is 5.91. The molecule has 0 aliphatic heterocycles. The van der Waals surface area contributed by atoms with E-state index in [4.69, 9.17) is 5.73 Å². The van der Waals surface area contributed by atoms with Crippen molar-refractivity contribution in [3.8, 4) is 0 Å². The minimum Gasteiger partial charge on any atom is -0.368 e. The third-order valence-electron chi connectivity index (χ3n) is 2.97. The largest absolute Gasteiger partial charge is 0.368 e. The van der Waals surface area contributed by atoms with Crippen molar-refractivity contribution >= 4 is 5.69 Å². The van der Waals surface area contributed by atoms with E-state index in [0.29, 0.717) is 6.54 Å². The second-order valence-electron chi connectivity index (χ2n) is 4.26. The van der Waals surface area contributed by atoms with Crippen LogP contribution in [0.1, 0.15) is 31.7 Å². The molecule has 0 spiro atoms. The van der Waals surface area contributed by atoms with Crippen LogP contribution in [0.3, 0.4) is 0 Å². The average molecular weight is 204 g/mol. The van der Waals surface area contributed by atoms with Gasteiger partial charge in [-0.3, -0.25) is 0 Å². The van der Waals surface area contributed by atoms with E-state index in [-0.39, 0.29) is 0 Å². The highest BCUT2D eigenvalue weighted by Gasteiger charge is 2.29. The number of nitrogens with two attached hydrogens (primary N) is 1. The van der Waals surface area contributed by atoms with E-state index >= 15 is 0 Å². The Morgan fingerprint density at radius 2 is 2.07 bits per heavy atom. The molecule has 0 bridgehead atoms. The van der Waals surface area contributed by atoms with Crippen LogP contribution in [0.2, 0.25) is 0 Å². The van der Waals surface area contributed by atoms with E-state index in [2.05, 4.69) is 36.1 Å². The van der Waals surface area contributed by atoms with Crippen LogP contribution in [0.5, 0.6) is 0 Å². The molecule has 2 nitrogen and oxygen atoms in total. The average Bonchev–Trinajstić information content (AvgIpc) is 3.10. The second-order valence-corrected chi connectivity index (χ2v) is 4.26. The molecule has 0 unspecified atom stereocenters. The molecule has 2 heteroatoms. The Hall–Kier alpha value is -1.02. The molecule has 82 valence electrons. The zero-order valence-corrected chi connectivity index (χ0v) is 9.45. The molecule has 1 fully saturated rings. The van der Waals surface area contributed by atoms with E-state index in [1.807, 2.05) is 0 Å². The highest BCUT2D eigenvalue weighted by molar-refractivity contribution is 5.55. The summed E-state index contributed by atoms with van der Waals surface area (Å²) in [5, 5.41) is 0. The van der Waals surface area contributed by atoms with Crippen molar-refractivity contribution in [2.75, 3.05) is 11.4 Å². The molecule has 0 heterocycles. The van der Waals surface area contributed by atoms with E-state index in [9.17, 15) is 0 Å². The molecule has 1 saturated carbocycles. The molecule has 0 radical (unpaired) electrons. The number of para-hydroxylation sites is 1. The predicted molar refractivity (Wildman–Crippen MR) is 65.0 cm³/mol. The van der Waals surface area contributed by atoms with Crippen molar-refractivity contribution in [2.24, 2.45) is 5.73 Å². The third kappa shape index (κ3) is 2.32. The topological polar surface area (TPSA) is 29.3 Å². The number of nitrogens with zero attached hydrogens (tertiary/aromatic N) is 1. The Morgan fingerprint density at radius 3 is 2.67 bits per heavy atom. The van der Waals surface area contributed by atoms with Gasteiger partial charge in [0.05, 0.1) is 0 Å². The molecule has 1 aromatic rings. The molecule has 0 atom stereocenters. The highest BCUT2D eigenvalue weighted by Crippen LogP contribution is 2.33. The Kier molecular flexibility index (Phi) is 3.27. The fraction of sp³-hybridized carbons (Fsp3) is 0.538. The lowest BCUT2D eigenvalue weighted by atomic mass is 10.1. The van der Waals surface area contributed by atoms with Gasteiger partial charge in [-0.2, -0.15) is 0 Å². The van der Waals surface area contributed by atoms with Crippen molar-refractivity contribution < 1.29 is 0 Å². The molecule has 2 N–H and O–H groups in total. The number of benzene rings is 1. The molecule has 0 saturated heterocycles. The summed E-state index contributed by atoms with van der Waals surface area (Å²) in [6.07, 6.45) is 3.90. The maximum Gasteiger partial charge on any atom is 0.0414 e. The summed E-state index contributed by atoms with van der Waals surface area (Å²) < 4.78 is 0. The normalized spacial score (nSPS) is 15.3. The lowest BCUT2D eigenvalue weighted by Crippen LogP contribution is -2.27. The van der Waals surface area contributed by atoms with Gasteiger partial charge >= 0.3 is 0 Å². The van der Waals surface area contributed by atoms with Gasteiger partial charge in [-0.15, -0.1) is 0 Å². The Balaban J connectivity index is 2.23. The van der Waals surface area contributed by atoms with Crippen LogP contribution < -0.4 is 10.6 Å². The summed E-state index contributed by atoms with van der Waals surface area (Å²) in [4.78, 5) is 2.53. The summed E-state index contributed by atoms with van der Waals surface area (Å²) in [7, 11) is 0. The first-order valence-electron chi connectivity index (χ1n) is 5.91. The number of rotatable bonds is 5. The van der Waals surface area contributed by atoms with E-state index < -0.39 is 0 Å². The molecule has 1 aromatic carbocycles. The molecule has 1 aliphatic carbocycles. The minimum absolute atomic E-state index is 0.642. The fourth-order valence-corrected chi connectivity index (χ4v) is 2.09. The number of hydrogen-bond donors (Lipinski definition) is 1. The standard InChI is InChI=1S/C13H20N2/c1-2-9-15(12-7-8-12)13-6-4-3-5-11(13)10-14/h3-6,12H,2,7-10,14H2,1H3. The Labute approximate surface area is 92.1 Å². The molecule has 0 aromatic heterocycles. The van der Waals surface area contributed by atoms with Gasteiger partial charge in [0, 0.05) is 24.8 Å². The van der Waals surface area contributed by atoms with Crippen molar-refractivity contribution in [1.29, 1.82) is 0 Å². The van der Waals surface area contributed by atoms with Gasteiger partial charge in [-0.25, -0.2) is 0 Å². The number of anilines is 1. The second kappa shape index (κ2) is 4.67. The third-order valence-corrected chi connectivity index (χ3v) is 2.97. The van der Waals surface area contributed by atoms with Crippen LogP contribution in [-0.2, 0) is 6.54 Å². The van der Waals surface area contributed by atoms with E-state index in [1.54, 1.807) is 0 Å². The number of hydrogen-bond acceptors (Lipinski definition) is 2. The van der Waals surface area contributed by atoms with Gasteiger partial charge in [-0.05, 0) is 30.9 Å². The van der Waals surface area contributed by atoms with E-state index in [0.717, 1.165) is 12.6 Å². The molecular formula is C13H20N2. The Bertz CT molecular complexity index is 318. The minimum atomic E-state index is 0.642. The Morgan fingerprint density at radius 1 is 1.33 bits per heavy atom. The summed E-state index contributed by atoms with van der Waals surface area (Å²) in [5.41, 5.74) is 8.41. The lowest BCUT2D eigenvalue weighted by Gasteiger charge is -2.26. The fourth-order valence-electron chi connectivity index (χ4n) is 2.09. The van der Waals surface area contributed by atoms with Gasteiger partial charge in [0.2, 0.25) is 0 Å². The van der Waals surface area contributed by atoms with Crippen LogP contribution in [0.4, 0.5) is 5.69 Å². The van der Waals surface area contributed by atoms with Crippen LogP contribution >= 0.6 is 0 Å². The van der Waals surface area contributed by atoms with Crippen molar-refractivity contribution in [3.05, 3.63) is 29.8 Å². The lowest BCUT2D eigenvalue weighted by molar-refractivity contribution is 0.757. The van der Waals surface area contributed by atoms with Crippen molar-refractivity contribution in [3.63, 3.8) is 0 Å². The SMILES string of the molecule is CCCN(c1ccccc1CN)C1CC1. The van der Waals surface area contributed by atoms with Gasteiger partial charge in [0.25, 0.3) is 0 Å². The quantitative estimate of drug-likeness (QED) is 0.798. The molecule has 15 heavy (non-hydrogen) atoms. The molecular weight excluding hydrogens is 184 g/mol. The summed E-state index contributed by atoms with van der Waals surface area (Å²) in [6, 6.07) is 9.30. The van der Waals surface area contributed by atoms with Crippen LogP contribution in [0.25, 0.3) is 0 Å². The zero-order chi connectivity index (χ0) is 10.7. The molecule has 1 aliphatic rings. The van der Waals surface area contributed by atoms with Crippen LogP contribution in [-0.4, -0.2) is 12.6 Å². The first-order chi connectivity index (χ1) is 7.36. The first kappa shape index (κ1) is 10.5. The monoisotopic (exact) mass is 204 g/mol. The highest BCUT2D eigenvalue weighted by atomic mass is 15.2. The molecule has 2 rings (SSSR count). The van der Waals surface area contributed by atoms with Gasteiger partial charge in [0.1, 0.15) is 0 Å². The summed E-state index contributed by atoms with van der Waals surface area (Å²) in [5.74, 6) is 0. The van der Waals surface area contributed by atoms with Crippen molar-refractivity contribution in [1.82, 2.24) is 0 Å². The maximum atomic E-state index is 5.78. The zero-order valence-electron chi connectivity index (χ0n) is 9.45.